The molecule has 0 aromatic heterocycles. The molecule has 3 rings (SSSR count). The van der Waals surface area contributed by atoms with E-state index >= 15 is 0 Å². The summed E-state index contributed by atoms with van der Waals surface area (Å²) in [4.78, 5) is 29.8. The highest BCUT2D eigenvalue weighted by Crippen LogP contribution is 2.25. The van der Waals surface area contributed by atoms with Crippen LogP contribution in [0.3, 0.4) is 0 Å². The van der Waals surface area contributed by atoms with Gasteiger partial charge in [0.15, 0.2) is 6.61 Å². The molecule has 0 radical (unpaired) electrons. The molecular formula is C23H28N2O3S. The predicted molar refractivity (Wildman–Crippen MR) is 117 cm³/mol. The molecule has 2 aromatic carbocycles. The second kappa shape index (κ2) is 9.83. The number of rotatable bonds is 6. The predicted octanol–water partition coefficient (Wildman–Crippen LogP) is 3.68. The molecule has 1 heterocycles. The standard InChI is InChI=1S/C23H28N2O3S/c1-17-8-7-11-21(18(17)2)24-12-14-25(15-13-24)22(26)16-28-23(27)19(3)29-20-9-5-4-6-10-20/h4-11,19H,12-16H2,1-3H3/t19-/m0/s1. The summed E-state index contributed by atoms with van der Waals surface area (Å²) in [6.07, 6.45) is 0. The molecule has 154 valence electrons. The summed E-state index contributed by atoms with van der Waals surface area (Å²) in [6, 6.07) is 16.0. The molecule has 0 aliphatic carbocycles. The summed E-state index contributed by atoms with van der Waals surface area (Å²) >= 11 is 1.43. The number of carbonyl (C=O) groups excluding carboxylic acids is 2. The Labute approximate surface area is 177 Å². The third kappa shape index (κ3) is 5.54. The van der Waals surface area contributed by atoms with E-state index in [4.69, 9.17) is 4.74 Å². The highest BCUT2D eigenvalue weighted by atomic mass is 32.2. The number of nitrogens with zero attached hydrogens (tertiary/aromatic N) is 2. The number of amides is 1. The van der Waals surface area contributed by atoms with Crippen LogP contribution in [0.2, 0.25) is 0 Å². The number of hydrogen-bond acceptors (Lipinski definition) is 5. The molecule has 0 bridgehead atoms. The van der Waals surface area contributed by atoms with Gasteiger partial charge in [-0.1, -0.05) is 30.3 Å². The number of benzene rings is 2. The minimum Gasteiger partial charge on any atom is -0.455 e. The van der Waals surface area contributed by atoms with Crippen molar-refractivity contribution >= 4 is 29.3 Å². The molecule has 1 atom stereocenters. The lowest BCUT2D eigenvalue weighted by atomic mass is 10.1. The Hall–Kier alpha value is -2.47. The normalized spacial score (nSPS) is 15.1. The van der Waals surface area contributed by atoms with Crippen molar-refractivity contribution in [2.45, 2.75) is 30.9 Å². The van der Waals surface area contributed by atoms with E-state index in [1.54, 1.807) is 11.8 Å². The number of ether oxygens (including phenoxy) is 1. The highest BCUT2D eigenvalue weighted by Gasteiger charge is 2.24. The molecule has 0 N–H and O–H groups in total. The Morgan fingerprint density at radius 3 is 2.38 bits per heavy atom. The van der Waals surface area contributed by atoms with Crippen molar-refractivity contribution in [3.63, 3.8) is 0 Å². The lowest BCUT2D eigenvalue weighted by Gasteiger charge is -2.37. The Morgan fingerprint density at radius 2 is 1.69 bits per heavy atom. The van der Waals surface area contributed by atoms with Crippen molar-refractivity contribution in [3.8, 4) is 0 Å². The molecule has 6 heteroatoms. The van der Waals surface area contributed by atoms with Crippen LogP contribution in [0, 0.1) is 13.8 Å². The molecule has 1 saturated heterocycles. The molecule has 1 aliphatic rings. The van der Waals surface area contributed by atoms with E-state index in [-0.39, 0.29) is 23.7 Å². The Bertz CT molecular complexity index is 848. The number of anilines is 1. The van der Waals surface area contributed by atoms with Gasteiger partial charge < -0.3 is 14.5 Å². The van der Waals surface area contributed by atoms with E-state index in [0.717, 1.165) is 18.0 Å². The monoisotopic (exact) mass is 412 g/mol. The van der Waals surface area contributed by atoms with Crippen molar-refractivity contribution in [2.75, 3.05) is 37.7 Å². The average molecular weight is 413 g/mol. The van der Waals surface area contributed by atoms with E-state index in [1.165, 1.54) is 28.6 Å². The van der Waals surface area contributed by atoms with Crippen LogP contribution in [0.1, 0.15) is 18.1 Å². The van der Waals surface area contributed by atoms with Crippen molar-refractivity contribution < 1.29 is 14.3 Å². The third-order valence-electron chi connectivity index (χ3n) is 5.27. The van der Waals surface area contributed by atoms with Crippen LogP contribution in [0.25, 0.3) is 0 Å². The first-order valence-corrected chi connectivity index (χ1v) is 10.8. The summed E-state index contributed by atoms with van der Waals surface area (Å²) in [5.41, 5.74) is 3.79. The fourth-order valence-corrected chi connectivity index (χ4v) is 4.25. The summed E-state index contributed by atoms with van der Waals surface area (Å²) in [5, 5.41) is -0.355. The smallest absolute Gasteiger partial charge is 0.319 e. The van der Waals surface area contributed by atoms with Crippen molar-refractivity contribution in [3.05, 3.63) is 59.7 Å². The van der Waals surface area contributed by atoms with Gasteiger partial charge in [0.2, 0.25) is 0 Å². The topological polar surface area (TPSA) is 49.9 Å². The first-order valence-electron chi connectivity index (χ1n) is 9.93. The van der Waals surface area contributed by atoms with E-state index in [9.17, 15) is 9.59 Å². The molecule has 2 aromatic rings. The largest absolute Gasteiger partial charge is 0.455 e. The molecule has 5 nitrogen and oxygen atoms in total. The van der Waals surface area contributed by atoms with Gasteiger partial charge >= 0.3 is 5.97 Å². The number of piperazine rings is 1. The van der Waals surface area contributed by atoms with Gasteiger partial charge in [-0.2, -0.15) is 0 Å². The van der Waals surface area contributed by atoms with Crippen molar-refractivity contribution in [1.82, 2.24) is 4.90 Å². The van der Waals surface area contributed by atoms with Crippen LogP contribution < -0.4 is 4.90 Å². The van der Waals surface area contributed by atoms with Crippen LogP contribution in [-0.4, -0.2) is 54.8 Å². The van der Waals surface area contributed by atoms with Gasteiger partial charge in [-0.25, -0.2) is 0 Å². The maximum Gasteiger partial charge on any atom is 0.319 e. The molecule has 0 saturated carbocycles. The first-order chi connectivity index (χ1) is 14.0. The Kier molecular flexibility index (Phi) is 7.20. The van der Waals surface area contributed by atoms with E-state index in [1.807, 2.05) is 30.3 Å². The van der Waals surface area contributed by atoms with E-state index in [0.29, 0.717) is 13.1 Å². The van der Waals surface area contributed by atoms with E-state index < -0.39 is 0 Å². The lowest BCUT2D eigenvalue weighted by molar-refractivity contribution is -0.151. The third-order valence-corrected chi connectivity index (χ3v) is 6.37. The van der Waals surface area contributed by atoms with Gasteiger partial charge in [0.1, 0.15) is 5.25 Å². The number of aryl methyl sites for hydroxylation is 1. The molecule has 29 heavy (non-hydrogen) atoms. The number of hydrogen-bond donors (Lipinski definition) is 0. The van der Waals surface area contributed by atoms with Crippen LogP contribution in [0.5, 0.6) is 0 Å². The quantitative estimate of drug-likeness (QED) is 0.535. The maximum atomic E-state index is 12.5. The van der Waals surface area contributed by atoms with Crippen molar-refractivity contribution in [1.29, 1.82) is 0 Å². The van der Waals surface area contributed by atoms with Crippen LogP contribution in [0.15, 0.2) is 53.4 Å². The lowest BCUT2D eigenvalue weighted by Crippen LogP contribution is -2.50. The first kappa shape index (κ1) is 21.2. The van der Waals surface area contributed by atoms with Gasteiger partial charge in [-0.3, -0.25) is 9.59 Å². The van der Waals surface area contributed by atoms with Gasteiger partial charge in [0.25, 0.3) is 5.91 Å². The number of esters is 1. The van der Waals surface area contributed by atoms with Crippen LogP contribution in [0.4, 0.5) is 5.69 Å². The minimum absolute atomic E-state index is 0.129. The summed E-state index contributed by atoms with van der Waals surface area (Å²) in [7, 11) is 0. The highest BCUT2D eigenvalue weighted by molar-refractivity contribution is 8.00. The maximum absolute atomic E-state index is 12.5. The summed E-state index contributed by atoms with van der Waals surface area (Å²) in [5.74, 6) is -0.489. The molecule has 0 unspecified atom stereocenters. The van der Waals surface area contributed by atoms with Gasteiger partial charge in [-0.15, -0.1) is 11.8 Å². The zero-order chi connectivity index (χ0) is 20.8. The van der Waals surface area contributed by atoms with Crippen LogP contribution >= 0.6 is 11.8 Å². The molecule has 1 amide bonds. The summed E-state index contributed by atoms with van der Waals surface area (Å²) in [6.45, 7) is 8.69. The van der Waals surface area contributed by atoms with Gasteiger partial charge in [0.05, 0.1) is 0 Å². The van der Waals surface area contributed by atoms with Gasteiger partial charge in [-0.05, 0) is 50.1 Å². The molecule has 1 fully saturated rings. The zero-order valence-corrected chi connectivity index (χ0v) is 18.1. The second-order valence-corrected chi connectivity index (χ2v) is 8.68. The number of thioether (sulfide) groups is 1. The zero-order valence-electron chi connectivity index (χ0n) is 17.3. The minimum atomic E-state index is -0.360. The van der Waals surface area contributed by atoms with Crippen LogP contribution in [-0.2, 0) is 14.3 Å². The fraction of sp³-hybridized carbons (Fsp3) is 0.391. The Morgan fingerprint density at radius 1 is 1.00 bits per heavy atom. The SMILES string of the molecule is Cc1cccc(N2CCN(C(=O)COC(=O)[C@H](C)Sc3ccccc3)CC2)c1C. The number of carbonyl (C=O) groups is 2. The van der Waals surface area contributed by atoms with E-state index in [2.05, 4.69) is 36.9 Å². The molecule has 1 aliphatic heterocycles. The molecule has 0 spiro atoms. The van der Waals surface area contributed by atoms with Gasteiger partial charge in [0, 0.05) is 36.8 Å². The second-order valence-electron chi connectivity index (χ2n) is 7.27. The Balaban J connectivity index is 1.45. The fourth-order valence-electron chi connectivity index (χ4n) is 3.37. The van der Waals surface area contributed by atoms with Crippen molar-refractivity contribution in [2.24, 2.45) is 0 Å². The average Bonchev–Trinajstić information content (AvgIpc) is 2.74. The molecular weight excluding hydrogens is 384 g/mol. The summed E-state index contributed by atoms with van der Waals surface area (Å²) < 4.78 is 5.27.